The largest absolute Gasteiger partial charge is 0.396 e. The van der Waals surface area contributed by atoms with E-state index in [4.69, 9.17) is 16.7 Å². The molecule has 2 heterocycles. The second-order valence-electron chi connectivity index (χ2n) is 5.27. The van der Waals surface area contributed by atoms with Gasteiger partial charge in [-0.2, -0.15) is 0 Å². The van der Waals surface area contributed by atoms with E-state index >= 15 is 0 Å². The summed E-state index contributed by atoms with van der Waals surface area (Å²) >= 11 is 6.01. The maximum Gasteiger partial charge on any atom is 0.270 e. The first-order valence-corrected chi connectivity index (χ1v) is 6.84. The Morgan fingerprint density at radius 2 is 2.22 bits per heavy atom. The van der Waals surface area contributed by atoms with Crippen molar-refractivity contribution >= 4 is 17.5 Å². The van der Waals surface area contributed by atoms with Crippen molar-refractivity contribution < 1.29 is 9.90 Å². The standard InChI is InChI=1S/C13H17ClN2O2/c14-10-5-12(16(7-10)11-1-2-11)13(18)15-4-3-9(6-15)8-17/h5,7,9,11,17H,1-4,6,8H2. The van der Waals surface area contributed by atoms with E-state index in [0.29, 0.717) is 23.3 Å². The van der Waals surface area contributed by atoms with E-state index in [1.165, 1.54) is 0 Å². The Morgan fingerprint density at radius 1 is 1.44 bits per heavy atom. The number of amides is 1. The maximum absolute atomic E-state index is 12.4. The smallest absolute Gasteiger partial charge is 0.270 e. The van der Waals surface area contributed by atoms with Crippen LogP contribution in [0.25, 0.3) is 0 Å². The third-order valence-corrected chi connectivity index (χ3v) is 4.01. The topological polar surface area (TPSA) is 45.5 Å². The third-order valence-electron chi connectivity index (χ3n) is 3.81. The molecule has 18 heavy (non-hydrogen) atoms. The van der Waals surface area contributed by atoms with Crippen LogP contribution in [0.3, 0.4) is 0 Å². The van der Waals surface area contributed by atoms with Crippen LogP contribution in [-0.4, -0.2) is 40.2 Å². The third kappa shape index (κ3) is 2.15. The molecule has 1 atom stereocenters. The summed E-state index contributed by atoms with van der Waals surface area (Å²) in [4.78, 5) is 14.3. The lowest BCUT2D eigenvalue weighted by Gasteiger charge is -2.17. The Bertz CT molecular complexity index is 468. The van der Waals surface area contributed by atoms with Crippen molar-refractivity contribution in [1.82, 2.24) is 9.47 Å². The molecule has 0 radical (unpaired) electrons. The average molecular weight is 269 g/mol. The van der Waals surface area contributed by atoms with Crippen LogP contribution in [-0.2, 0) is 0 Å². The first-order valence-electron chi connectivity index (χ1n) is 6.46. The van der Waals surface area contributed by atoms with Crippen molar-refractivity contribution in [2.24, 2.45) is 5.92 Å². The lowest BCUT2D eigenvalue weighted by atomic mass is 10.1. The van der Waals surface area contributed by atoms with Gasteiger partial charge in [-0.25, -0.2) is 0 Å². The van der Waals surface area contributed by atoms with Crippen LogP contribution < -0.4 is 0 Å². The van der Waals surface area contributed by atoms with E-state index in [1.807, 2.05) is 15.7 Å². The van der Waals surface area contributed by atoms with Crippen molar-refractivity contribution in [2.75, 3.05) is 19.7 Å². The number of aromatic nitrogens is 1. The Morgan fingerprint density at radius 3 is 2.83 bits per heavy atom. The van der Waals surface area contributed by atoms with Crippen LogP contribution in [0.5, 0.6) is 0 Å². The summed E-state index contributed by atoms with van der Waals surface area (Å²) in [6.45, 7) is 1.55. The highest BCUT2D eigenvalue weighted by Crippen LogP contribution is 2.38. The van der Waals surface area contributed by atoms with Gasteiger partial charge in [0.15, 0.2) is 0 Å². The molecule has 1 amide bonds. The van der Waals surface area contributed by atoms with Gasteiger partial charge in [0, 0.05) is 37.9 Å². The fourth-order valence-corrected chi connectivity index (χ4v) is 2.81. The average Bonchev–Trinajstić information content (AvgIpc) is 2.97. The molecular formula is C13H17ClN2O2. The summed E-state index contributed by atoms with van der Waals surface area (Å²) in [5.41, 5.74) is 0.695. The molecule has 2 aliphatic rings. The zero-order valence-electron chi connectivity index (χ0n) is 10.2. The Hall–Kier alpha value is -1.00. The van der Waals surface area contributed by atoms with Crippen LogP contribution >= 0.6 is 11.6 Å². The van der Waals surface area contributed by atoms with Crippen LogP contribution in [0.15, 0.2) is 12.3 Å². The Kier molecular flexibility index (Phi) is 3.08. The molecular weight excluding hydrogens is 252 g/mol. The number of hydrogen-bond acceptors (Lipinski definition) is 2. The molecule has 98 valence electrons. The van der Waals surface area contributed by atoms with E-state index in [-0.39, 0.29) is 18.4 Å². The number of aliphatic hydroxyl groups is 1. The lowest BCUT2D eigenvalue weighted by Crippen LogP contribution is -2.30. The predicted octanol–water partition coefficient (Wildman–Crippen LogP) is 1.93. The van der Waals surface area contributed by atoms with Gasteiger partial charge in [-0.15, -0.1) is 0 Å². The molecule has 3 rings (SSSR count). The van der Waals surface area contributed by atoms with E-state index in [0.717, 1.165) is 25.8 Å². The lowest BCUT2D eigenvalue weighted by molar-refractivity contribution is 0.0771. The number of nitrogens with zero attached hydrogens (tertiary/aromatic N) is 2. The highest BCUT2D eigenvalue weighted by Gasteiger charge is 2.32. The fraction of sp³-hybridized carbons (Fsp3) is 0.615. The van der Waals surface area contributed by atoms with E-state index in [9.17, 15) is 4.79 Å². The number of likely N-dealkylation sites (tertiary alicyclic amines) is 1. The highest BCUT2D eigenvalue weighted by molar-refractivity contribution is 6.31. The van der Waals surface area contributed by atoms with Crippen molar-refractivity contribution in [3.05, 3.63) is 23.0 Å². The fourth-order valence-electron chi connectivity index (χ4n) is 2.60. The molecule has 1 saturated heterocycles. The Labute approximate surface area is 111 Å². The van der Waals surface area contributed by atoms with Gasteiger partial charge in [-0.1, -0.05) is 11.6 Å². The van der Waals surface area contributed by atoms with Gasteiger partial charge in [0.1, 0.15) is 5.69 Å². The summed E-state index contributed by atoms with van der Waals surface area (Å²) in [7, 11) is 0. The molecule has 0 aromatic carbocycles. The molecule has 1 aliphatic heterocycles. The van der Waals surface area contributed by atoms with Gasteiger partial charge in [-0.3, -0.25) is 4.79 Å². The van der Waals surface area contributed by atoms with Crippen molar-refractivity contribution in [2.45, 2.75) is 25.3 Å². The summed E-state index contributed by atoms with van der Waals surface area (Å²) < 4.78 is 2.01. The quantitative estimate of drug-likeness (QED) is 0.911. The number of carbonyl (C=O) groups excluding carboxylic acids is 1. The summed E-state index contributed by atoms with van der Waals surface area (Å²) in [6, 6.07) is 2.21. The zero-order chi connectivity index (χ0) is 12.7. The van der Waals surface area contributed by atoms with Crippen molar-refractivity contribution in [3.63, 3.8) is 0 Å². The molecule has 1 aliphatic carbocycles. The zero-order valence-corrected chi connectivity index (χ0v) is 10.9. The summed E-state index contributed by atoms with van der Waals surface area (Å²) in [6.07, 6.45) is 5.00. The van der Waals surface area contributed by atoms with Gasteiger partial charge in [-0.05, 0) is 25.3 Å². The number of rotatable bonds is 3. The summed E-state index contributed by atoms with van der Waals surface area (Å²) in [5, 5.41) is 9.76. The van der Waals surface area contributed by atoms with Gasteiger partial charge < -0.3 is 14.6 Å². The van der Waals surface area contributed by atoms with Gasteiger partial charge >= 0.3 is 0 Å². The van der Waals surface area contributed by atoms with Gasteiger partial charge in [0.05, 0.1) is 5.02 Å². The minimum Gasteiger partial charge on any atom is -0.396 e. The Balaban J connectivity index is 1.80. The van der Waals surface area contributed by atoms with Gasteiger partial charge in [0.2, 0.25) is 0 Å². The number of halogens is 1. The van der Waals surface area contributed by atoms with Gasteiger partial charge in [0.25, 0.3) is 5.91 Å². The van der Waals surface area contributed by atoms with Crippen LogP contribution in [0.2, 0.25) is 5.02 Å². The van der Waals surface area contributed by atoms with E-state index in [1.54, 1.807) is 6.07 Å². The number of aliphatic hydroxyl groups excluding tert-OH is 1. The van der Waals surface area contributed by atoms with Crippen LogP contribution in [0.1, 0.15) is 35.8 Å². The molecule has 2 fully saturated rings. The van der Waals surface area contributed by atoms with E-state index < -0.39 is 0 Å². The predicted molar refractivity (Wildman–Crippen MR) is 68.8 cm³/mol. The molecule has 1 N–H and O–H groups in total. The highest BCUT2D eigenvalue weighted by atomic mass is 35.5. The first-order chi connectivity index (χ1) is 8.69. The summed E-state index contributed by atoms with van der Waals surface area (Å²) in [5.74, 6) is 0.276. The minimum atomic E-state index is 0.0461. The second-order valence-corrected chi connectivity index (χ2v) is 5.71. The molecule has 4 nitrogen and oxygen atoms in total. The molecule has 5 heteroatoms. The molecule has 1 aromatic rings. The number of carbonyl (C=O) groups is 1. The SMILES string of the molecule is O=C(c1cc(Cl)cn1C1CC1)N1CCC(CO)C1. The molecule has 0 spiro atoms. The molecule has 1 saturated carbocycles. The number of hydrogen-bond donors (Lipinski definition) is 1. The first kappa shape index (κ1) is 12.1. The monoisotopic (exact) mass is 268 g/mol. The van der Waals surface area contributed by atoms with Crippen molar-refractivity contribution in [1.29, 1.82) is 0 Å². The van der Waals surface area contributed by atoms with Crippen molar-refractivity contribution in [3.8, 4) is 0 Å². The van der Waals surface area contributed by atoms with Crippen LogP contribution in [0, 0.1) is 5.92 Å². The molecule has 1 unspecified atom stereocenters. The maximum atomic E-state index is 12.4. The van der Waals surface area contributed by atoms with E-state index in [2.05, 4.69) is 0 Å². The van der Waals surface area contributed by atoms with Crippen LogP contribution in [0.4, 0.5) is 0 Å². The molecule has 1 aromatic heterocycles. The molecule has 0 bridgehead atoms. The normalized spacial score (nSPS) is 23.7. The second kappa shape index (κ2) is 4.59. The minimum absolute atomic E-state index is 0.0461.